The second-order valence-electron chi connectivity index (χ2n) is 5.71. The van der Waals surface area contributed by atoms with Crippen LogP contribution in [-0.2, 0) is 16.3 Å². The van der Waals surface area contributed by atoms with Crippen LogP contribution in [0.3, 0.4) is 0 Å². The summed E-state index contributed by atoms with van der Waals surface area (Å²) >= 11 is 6.99. The first-order chi connectivity index (χ1) is 10.00. The number of anilines is 1. The van der Waals surface area contributed by atoms with Crippen molar-refractivity contribution in [1.82, 2.24) is 0 Å². The van der Waals surface area contributed by atoms with Crippen molar-refractivity contribution in [3.8, 4) is 0 Å². The van der Waals surface area contributed by atoms with Gasteiger partial charge in [0.1, 0.15) is 4.32 Å². The quantitative estimate of drug-likeness (QED) is 0.787. The Morgan fingerprint density at radius 1 is 1.29 bits per heavy atom. The number of thiocarbonyl (C=S) groups is 1. The molecule has 6 heteroatoms. The van der Waals surface area contributed by atoms with Crippen LogP contribution in [0, 0.1) is 0 Å². The van der Waals surface area contributed by atoms with Gasteiger partial charge in [0.05, 0.1) is 17.5 Å². The van der Waals surface area contributed by atoms with Gasteiger partial charge in [-0.05, 0) is 30.5 Å². The molecular formula is C15H19NO2S3. The van der Waals surface area contributed by atoms with Gasteiger partial charge in [-0.2, -0.15) is 0 Å². The van der Waals surface area contributed by atoms with Crippen molar-refractivity contribution in [3.63, 3.8) is 0 Å². The molecule has 0 amide bonds. The molecule has 0 aliphatic carbocycles. The molecule has 2 atom stereocenters. The summed E-state index contributed by atoms with van der Waals surface area (Å²) < 4.78 is 24.4. The zero-order valence-corrected chi connectivity index (χ0v) is 14.4. The Bertz CT molecular complexity index is 639. The number of unbranched alkanes of at least 4 members (excludes halogenated alkanes) is 1. The summed E-state index contributed by atoms with van der Waals surface area (Å²) in [6.45, 7) is 2.19. The first-order valence-corrected chi connectivity index (χ1v) is 10.4. The predicted octanol–water partition coefficient (Wildman–Crippen LogP) is 3.03. The number of sulfone groups is 1. The minimum atomic E-state index is -2.91. The van der Waals surface area contributed by atoms with Crippen LogP contribution < -0.4 is 4.90 Å². The normalized spacial score (nSPS) is 27.1. The summed E-state index contributed by atoms with van der Waals surface area (Å²) in [6.07, 6.45) is 3.48. The van der Waals surface area contributed by atoms with Crippen LogP contribution in [0.5, 0.6) is 0 Å². The average Bonchev–Trinajstić information content (AvgIpc) is 2.87. The molecule has 0 unspecified atom stereocenters. The van der Waals surface area contributed by atoms with E-state index in [1.165, 1.54) is 30.2 Å². The maximum absolute atomic E-state index is 11.8. The Morgan fingerprint density at radius 2 is 2.00 bits per heavy atom. The molecule has 2 aliphatic heterocycles. The second-order valence-corrected chi connectivity index (χ2v) is 9.73. The molecule has 2 fully saturated rings. The molecule has 1 aromatic carbocycles. The smallest absolute Gasteiger partial charge is 0.153 e. The third-order valence-corrected chi connectivity index (χ3v) is 7.68. The van der Waals surface area contributed by atoms with Crippen LogP contribution in [0.1, 0.15) is 25.3 Å². The number of benzene rings is 1. The maximum Gasteiger partial charge on any atom is 0.153 e. The lowest BCUT2D eigenvalue weighted by Crippen LogP contribution is -2.36. The third-order valence-electron chi connectivity index (χ3n) is 4.09. The molecule has 2 heterocycles. The highest BCUT2D eigenvalue weighted by Crippen LogP contribution is 2.40. The number of rotatable bonds is 4. The Labute approximate surface area is 136 Å². The zero-order chi connectivity index (χ0) is 15.0. The van der Waals surface area contributed by atoms with Crippen molar-refractivity contribution < 1.29 is 8.42 Å². The number of fused-ring (bicyclic) bond motifs is 1. The molecule has 2 saturated heterocycles. The first kappa shape index (κ1) is 15.3. The van der Waals surface area contributed by atoms with E-state index in [9.17, 15) is 8.42 Å². The van der Waals surface area contributed by atoms with Gasteiger partial charge in [0.2, 0.25) is 0 Å². The van der Waals surface area contributed by atoms with E-state index in [-0.39, 0.29) is 22.8 Å². The van der Waals surface area contributed by atoms with Crippen LogP contribution >= 0.6 is 24.0 Å². The summed E-state index contributed by atoms with van der Waals surface area (Å²) in [4.78, 5) is 2.04. The van der Waals surface area contributed by atoms with E-state index in [4.69, 9.17) is 12.2 Å². The molecule has 0 spiro atoms. The minimum Gasteiger partial charge on any atom is -0.322 e. The van der Waals surface area contributed by atoms with Crippen LogP contribution in [0.25, 0.3) is 0 Å². The molecule has 0 saturated carbocycles. The second kappa shape index (κ2) is 5.89. The fourth-order valence-electron chi connectivity index (χ4n) is 2.97. The van der Waals surface area contributed by atoms with Gasteiger partial charge >= 0.3 is 0 Å². The van der Waals surface area contributed by atoms with E-state index in [1.54, 1.807) is 0 Å². The van der Waals surface area contributed by atoms with Crippen LogP contribution in [-0.4, -0.2) is 35.5 Å². The SMILES string of the molecule is CCCCc1ccc(N2C(=S)S[C@H]3CS(=O)(=O)C[C@H]32)cc1. The lowest BCUT2D eigenvalue weighted by molar-refractivity contribution is 0.601. The molecule has 1 aromatic rings. The molecule has 0 radical (unpaired) electrons. The van der Waals surface area contributed by atoms with Gasteiger partial charge in [-0.15, -0.1) is 0 Å². The Hall–Kier alpha value is -0.590. The van der Waals surface area contributed by atoms with E-state index in [0.29, 0.717) is 0 Å². The summed E-state index contributed by atoms with van der Waals surface area (Å²) in [5.41, 5.74) is 2.35. The van der Waals surface area contributed by atoms with Crippen molar-refractivity contribution in [2.45, 2.75) is 37.5 Å². The molecule has 0 aromatic heterocycles. The molecule has 21 heavy (non-hydrogen) atoms. The van der Waals surface area contributed by atoms with E-state index >= 15 is 0 Å². The van der Waals surface area contributed by atoms with Gasteiger partial charge in [0.25, 0.3) is 0 Å². The molecule has 0 bridgehead atoms. The highest BCUT2D eigenvalue weighted by Gasteiger charge is 2.48. The topological polar surface area (TPSA) is 37.4 Å². The van der Waals surface area contributed by atoms with Crippen LogP contribution in [0.2, 0.25) is 0 Å². The zero-order valence-electron chi connectivity index (χ0n) is 12.0. The molecule has 114 valence electrons. The summed E-state index contributed by atoms with van der Waals surface area (Å²) in [5.74, 6) is 0.482. The largest absolute Gasteiger partial charge is 0.322 e. The fraction of sp³-hybridized carbons (Fsp3) is 0.533. The van der Waals surface area contributed by atoms with E-state index < -0.39 is 9.84 Å². The standard InChI is InChI=1S/C15H19NO2S3/c1-2-3-4-11-5-7-12(8-6-11)16-13-9-21(17,18)10-14(13)20-15(16)19/h5-8,13-14H,2-4,9-10H2,1H3/t13-,14+/m1/s1. The van der Waals surface area contributed by atoms with Gasteiger partial charge in [0, 0.05) is 10.9 Å². The van der Waals surface area contributed by atoms with Crippen molar-refractivity contribution >= 4 is 43.8 Å². The van der Waals surface area contributed by atoms with E-state index in [1.807, 2.05) is 4.90 Å². The van der Waals surface area contributed by atoms with E-state index in [0.717, 1.165) is 16.4 Å². The van der Waals surface area contributed by atoms with Gasteiger partial charge in [-0.25, -0.2) is 8.42 Å². The van der Waals surface area contributed by atoms with E-state index in [2.05, 4.69) is 31.2 Å². The van der Waals surface area contributed by atoms with Crippen molar-refractivity contribution in [3.05, 3.63) is 29.8 Å². The number of nitrogens with zero attached hydrogens (tertiary/aromatic N) is 1. The van der Waals surface area contributed by atoms with Gasteiger partial charge < -0.3 is 4.90 Å². The summed E-state index contributed by atoms with van der Waals surface area (Å²) in [5, 5.41) is 0.0993. The van der Waals surface area contributed by atoms with Gasteiger partial charge in [0.15, 0.2) is 9.84 Å². The lowest BCUT2D eigenvalue weighted by Gasteiger charge is -2.24. The van der Waals surface area contributed by atoms with Crippen LogP contribution in [0.4, 0.5) is 5.69 Å². The van der Waals surface area contributed by atoms with Crippen molar-refractivity contribution in [2.24, 2.45) is 0 Å². The number of hydrogen-bond acceptors (Lipinski definition) is 4. The number of hydrogen-bond donors (Lipinski definition) is 0. The maximum atomic E-state index is 11.8. The molecule has 2 aliphatic rings. The highest BCUT2D eigenvalue weighted by atomic mass is 32.2. The first-order valence-electron chi connectivity index (χ1n) is 7.29. The Kier molecular flexibility index (Phi) is 4.30. The number of aryl methyl sites for hydroxylation is 1. The number of thioether (sulfide) groups is 1. The van der Waals surface area contributed by atoms with Gasteiger partial charge in [-0.3, -0.25) is 0 Å². The van der Waals surface area contributed by atoms with Crippen molar-refractivity contribution in [2.75, 3.05) is 16.4 Å². The molecule has 0 N–H and O–H groups in total. The minimum absolute atomic E-state index is 0.00833. The predicted molar refractivity (Wildman–Crippen MR) is 94.0 cm³/mol. The monoisotopic (exact) mass is 341 g/mol. The average molecular weight is 342 g/mol. The Balaban J connectivity index is 1.81. The van der Waals surface area contributed by atoms with Gasteiger partial charge in [-0.1, -0.05) is 49.5 Å². The molecular weight excluding hydrogens is 322 g/mol. The fourth-order valence-corrected chi connectivity index (χ4v) is 7.35. The van der Waals surface area contributed by atoms with Crippen molar-refractivity contribution in [1.29, 1.82) is 0 Å². The molecule has 3 nitrogen and oxygen atoms in total. The third kappa shape index (κ3) is 3.12. The lowest BCUT2D eigenvalue weighted by atomic mass is 10.1. The molecule has 3 rings (SSSR count). The summed E-state index contributed by atoms with van der Waals surface area (Å²) in [7, 11) is -2.91. The highest BCUT2D eigenvalue weighted by molar-refractivity contribution is 8.24. The summed E-state index contributed by atoms with van der Waals surface area (Å²) in [6, 6.07) is 8.43. The van der Waals surface area contributed by atoms with Crippen LogP contribution in [0.15, 0.2) is 24.3 Å². The Morgan fingerprint density at radius 3 is 2.67 bits per heavy atom.